The van der Waals surface area contributed by atoms with Gasteiger partial charge in [0.15, 0.2) is 0 Å². The fourth-order valence-electron chi connectivity index (χ4n) is 5.17. The number of ether oxygens (including phenoxy) is 1. The normalized spacial score (nSPS) is 21.8. The van der Waals surface area contributed by atoms with Crippen LogP contribution in [-0.2, 0) is 0 Å². The first kappa shape index (κ1) is 23.8. The predicted octanol–water partition coefficient (Wildman–Crippen LogP) is 8.31. The summed E-state index contributed by atoms with van der Waals surface area (Å²) >= 11 is 11.9. The summed E-state index contributed by atoms with van der Waals surface area (Å²) in [6.45, 7) is 6.61. The number of aryl methyl sites for hydroxylation is 2. The molecule has 0 radical (unpaired) electrons. The van der Waals surface area contributed by atoms with Gasteiger partial charge in [0, 0.05) is 16.4 Å². The Bertz CT molecular complexity index is 1240. The zero-order valence-corrected chi connectivity index (χ0v) is 21.9. The topological polar surface area (TPSA) is 36.9 Å². The molecule has 35 heavy (non-hydrogen) atoms. The summed E-state index contributed by atoms with van der Waals surface area (Å²) < 4.78 is 6.00. The van der Waals surface area contributed by atoms with Gasteiger partial charge in [-0.15, -0.1) is 0 Å². The average molecular weight is 504 g/mol. The Labute approximate surface area is 218 Å². The maximum Gasteiger partial charge on any atom is 0.202 e. The summed E-state index contributed by atoms with van der Waals surface area (Å²) in [5, 5.41) is 5.02. The van der Waals surface area contributed by atoms with Crippen LogP contribution in [0.15, 0.2) is 71.7 Å². The fraction of sp³-hybridized carbons (Fsp3) is 0.310. The average Bonchev–Trinajstić information content (AvgIpc) is 3.11. The van der Waals surface area contributed by atoms with E-state index in [1.54, 1.807) is 0 Å². The van der Waals surface area contributed by atoms with Gasteiger partial charge < -0.3 is 15.0 Å². The van der Waals surface area contributed by atoms with Crippen molar-refractivity contribution in [1.29, 1.82) is 0 Å². The van der Waals surface area contributed by atoms with Crippen LogP contribution in [0.25, 0.3) is 0 Å². The highest BCUT2D eigenvalue weighted by atomic mass is 35.5. The molecule has 4 nitrogen and oxygen atoms in total. The van der Waals surface area contributed by atoms with Crippen LogP contribution >= 0.6 is 23.8 Å². The van der Waals surface area contributed by atoms with Gasteiger partial charge in [0.1, 0.15) is 22.9 Å². The van der Waals surface area contributed by atoms with Gasteiger partial charge in [-0.3, -0.25) is 0 Å². The van der Waals surface area contributed by atoms with Gasteiger partial charge in [0.2, 0.25) is 5.11 Å². The van der Waals surface area contributed by atoms with Crippen LogP contribution in [0.1, 0.15) is 43.7 Å². The van der Waals surface area contributed by atoms with E-state index in [-0.39, 0.29) is 5.54 Å². The maximum atomic E-state index is 6.00. The van der Waals surface area contributed by atoms with E-state index >= 15 is 0 Å². The van der Waals surface area contributed by atoms with Crippen LogP contribution in [0, 0.1) is 19.8 Å². The van der Waals surface area contributed by atoms with Crippen molar-refractivity contribution >= 4 is 46.1 Å². The van der Waals surface area contributed by atoms with E-state index in [0.717, 1.165) is 54.4 Å². The fourth-order valence-corrected chi connectivity index (χ4v) is 5.67. The number of hydrogen-bond donors (Lipinski definition) is 1. The Hall–Kier alpha value is -2.89. The molecule has 0 amide bonds. The number of benzene rings is 3. The molecule has 0 unspecified atom stereocenters. The number of aliphatic imine (C=N–C) groups is 1. The highest BCUT2D eigenvalue weighted by Gasteiger charge is 2.50. The van der Waals surface area contributed by atoms with Crippen LogP contribution < -0.4 is 15.0 Å². The Balaban J connectivity index is 1.45. The van der Waals surface area contributed by atoms with Crippen molar-refractivity contribution in [2.75, 3.05) is 10.2 Å². The highest BCUT2D eigenvalue weighted by Crippen LogP contribution is 2.44. The van der Waals surface area contributed by atoms with E-state index in [1.807, 2.05) is 36.4 Å². The van der Waals surface area contributed by atoms with E-state index in [0.29, 0.717) is 16.1 Å². The number of thiocarbonyl (C=S) groups is 1. The number of para-hydroxylation sites is 1. The lowest BCUT2D eigenvalue weighted by atomic mass is 9.75. The summed E-state index contributed by atoms with van der Waals surface area (Å²) in [6.07, 6.45) is 4.30. The number of nitrogens with one attached hydrogen (secondary N) is 1. The van der Waals surface area contributed by atoms with Crippen molar-refractivity contribution in [3.05, 3.63) is 82.9 Å². The number of halogens is 1. The molecule has 0 aromatic heterocycles. The molecule has 1 N–H and O–H groups in total. The molecule has 1 saturated carbocycles. The van der Waals surface area contributed by atoms with E-state index in [1.165, 1.54) is 11.1 Å². The minimum Gasteiger partial charge on any atom is -0.457 e. The molecule has 3 aromatic rings. The summed E-state index contributed by atoms with van der Waals surface area (Å²) in [5.41, 5.74) is 4.31. The van der Waals surface area contributed by atoms with E-state index in [2.05, 4.69) is 61.3 Å². The summed E-state index contributed by atoms with van der Waals surface area (Å²) in [7, 11) is 0. The molecular formula is C29H30ClN3OS. The Morgan fingerprint density at radius 1 is 0.943 bits per heavy atom. The molecule has 3 aromatic carbocycles. The number of nitrogens with zero attached hydrogens (tertiary/aromatic N) is 2. The monoisotopic (exact) mass is 503 g/mol. The molecule has 1 heterocycles. The Kier molecular flexibility index (Phi) is 6.56. The van der Waals surface area contributed by atoms with Crippen LogP contribution in [0.3, 0.4) is 0 Å². The van der Waals surface area contributed by atoms with E-state index in [4.69, 9.17) is 33.5 Å². The lowest BCUT2D eigenvalue weighted by molar-refractivity contribution is 0.311. The quantitative estimate of drug-likeness (QED) is 0.363. The first-order chi connectivity index (χ1) is 16.9. The zero-order valence-electron chi connectivity index (χ0n) is 20.3. The Morgan fingerprint density at radius 2 is 1.51 bits per heavy atom. The van der Waals surface area contributed by atoms with Crippen LogP contribution in [0.4, 0.5) is 11.4 Å². The van der Waals surface area contributed by atoms with Crippen molar-refractivity contribution in [2.24, 2.45) is 10.9 Å². The Morgan fingerprint density at radius 3 is 2.11 bits per heavy atom. The minimum atomic E-state index is -0.267. The molecule has 5 rings (SSSR count). The second-order valence-corrected chi connectivity index (χ2v) is 10.5. The smallest absolute Gasteiger partial charge is 0.202 e. The summed E-state index contributed by atoms with van der Waals surface area (Å²) in [5.74, 6) is 3.18. The number of amidine groups is 1. The van der Waals surface area contributed by atoms with Crippen molar-refractivity contribution in [1.82, 2.24) is 0 Å². The van der Waals surface area contributed by atoms with Gasteiger partial charge in [-0.05, 0) is 117 Å². The van der Waals surface area contributed by atoms with E-state index < -0.39 is 0 Å². The summed E-state index contributed by atoms with van der Waals surface area (Å²) in [6, 6.07) is 21.9. The lowest BCUT2D eigenvalue weighted by Gasteiger charge is -2.44. The van der Waals surface area contributed by atoms with Gasteiger partial charge in [0.25, 0.3) is 0 Å². The molecule has 6 heteroatoms. The second-order valence-electron chi connectivity index (χ2n) is 9.73. The maximum absolute atomic E-state index is 6.00. The first-order valence-electron chi connectivity index (χ1n) is 12.2. The zero-order chi connectivity index (χ0) is 24.6. The van der Waals surface area contributed by atoms with E-state index in [9.17, 15) is 0 Å². The molecule has 1 aliphatic carbocycles. The largest absolute Gasteiger partial charge is 0.457 e. The van der Waals surface area contributed by atoms with Gasteiger partial charge in [-0.1, -0.05) is 36.7 Å². The van der Waals surface area contributed by atoms with Crippen LogP contribution in [0.2, 0.25) is 5.02 Å². The van der Waals surface area contributed by atoms with Crippen molar-refractivity contribution < 1.29 is 4.74 Å². The van der Waals surface area contributed by atoms with Crippen molar-refractivity contribution in [3.63, 3.8) is 0 Å². The van der Waals surface area contributed by atoms with Gasteiger partial charge >= 0.3 is 0 Å². The minimum absolute atomic E-state index is 0.267. The molecule has 1 aliphatic heterocycles. The molecule has 1 spiro atoms. The van der Waals surface area contributed by atoms with Crippen molar-refractivity contribution in [2.45, 2.75) is 52.0 Å². The van der Waals surface area contributed by atoms with Gasteiger partial charge in [-0.2, -0.15) is 0 Å². The third-order valence-electron chi connectivity index (χ3n) is 7.24. The molecule has 0 saturated heterocycles. The molecule has 180 valence electrons. The van der Waals surface area contributed by atoms with Crippen LogP contribution in [-0.4, -0.2) is 16.5 Å². The molecular weight excluding hydrogens is 474 g/mol. The molecule has 0 atom stereocenters. The molecule has 0 bridgehead atoms. The third kappa shape index (κ3) is 4.67. The van der Waals surface area contributed by atoms with Gasteiger partial charge in [0.05, 0.1) is 0 Å². The highest BCUT2D eigenvalue weighted by molar-refractivity contribution is 7.80. The first-order valence-corrected chi connectivity index (χ1v) is 12.9. The number of anilines is 2. The third-order valence-corrected chi connectivity index (χ3v) is 7.76. The SMILES string of the molecule is Cc1cccc(C)c1NC1=NC(=S)N(c2ccc(Oc3ccc(Cl)cc3)cc2)C12CCC(C)CC2. The number of hydrogen-bond acceptors (Lipinski definition) is 3. The standard InChI is InChI=1S/C29H30ClN3OS/c1-19-15-17-29(18-16-19)27(31-26-20(2)5-4-6-21(26)3)32-28(35)33(29)23-9-13-25(14-10-23)34-24-11-7-22(30)8-12-24/h4-14,19H,15-18H2,1-3H3,(H,31,32,35). The second kappa shape index (κ2) is 9.63. The number of rotatable bonds is 4. The van der Waals surface area contributed by atoms with Crippen LogP contribution in [0.5, 0.6) is 11.5 Å². The molecule has 1 fully saturated rings. The van der Waals surface area contributed by atoms with Gasteiger partial charge in [-0.25, -0.2) is 4.99 Å². The molecule has 2 aliphatic rings. The summed E-state index contributed by atoms with van der Waals surface area (Å²) in [4.78, 5) is 7.20. The lowest BCUT2D eigenvalue weighted by Crippen LogP contribution is -2.55. The predicted molar refractivity (Wildman–Crippen MR) is 150 cm³/mol. The van der Waals surface area contributed by atoms with Crippen molar-refractivity contribution in [3.8, 4) is 11.5 Å².